The van der Waals surface area contributed by atoms with Gasteiger partial charge in [0.05, 0.1) is 17.8 Å². The molecule has 3 aromatic rings. The predicted molar refractivity (Wildman–Crippen MR) is 129 cm³/mol. The molecular weight excluding hydrogens is 402 g/mol. The van der Waals surface area contributed by atoms with Crippen molar-refractivity contribution in [3.05, 3.63) is 47.8 Å². The van der Waals surface area contributed by atoms with Gasteiger partial charge < -0.3 is 10.1 Å². The fourth-order valence-corrected chi connectivity index (χ4v) is 4.87. The molecule has 1 saturated carbocycles. The van der Waals surface area contributed by atoms with E-state index in [0.29, 0.717) is 19.2 Å². The van der Waals surface area contributed by atoms with Crippen LogP contribution in [0.4, 0.5) is 5.69 Å². The minimum absolute atomic E-state index is 0.439. The molecule has 0 radical (unpaired) electrons. The Kier molecular flexibility index (Phi) is 7.02. The number of hydrogen-bond acceptors (Lipinski definition) is 5. The highest BCUT2D eigenvalue weighted by atomic mass is 28.3. The number of anilines is 1. The molecule has 0 bridgehead atoms. The molecule has 1 aliphatic rings. The Bertz CT molecular complexity index is 974. The third kappa shape index (κ3) is 6.14. The number of hydrogen-bond donors (Lipinski definition) is 1. The lowest BCUT2D eigenvalue weighted by molar-refractivity contribution is 0.0803. The molecule has 1 aliphatic carbocycles. The zero-order chi connectivity index (χ0) is 21.7. The molecular formula is C24H35N5OSi. The monoisotopic (exact) mass is 437 g/mol. The summed E-state index contributed by atoms with van der Waals surface area (Å²) < 4.78 is 7.69. The summed E-state index contributed by atoms with van der Waals surface area (Å²) in [5.41, 5.74) is 5.36. The summed E-state index contributed by atoms with van der Waals surface area (Å²) in [6, 6.07) is 11.7. The van der Waals surface area contributed by atoms with Crippen LogP contribution in [0.1, 0.15) is 49.3 Å². The molecule has 0 saturated heterocycles. The maximum absolute atomic E-state index is 5.86. The first-order chi connectivity index (χ1) is 15.0. The van der Waals surface area contributed by atoms with Gasteiger partial charge in [-0.05, 0) is 54.6 Å². The van der Waals surface area contributed by atoms with Crippen molar-refractivity contribution in [1.82, 2.24) is 20.0 Å². The van der Waals surface area contributed by atoms with E-state index in [9.17, 15) is 0 Å². The minimum atomic E-state index is -1.08. The van der Waals surface area contributed by atoms with Gasteiger partial charge in [-0.1, -0.05) is 50.2 Å². The predicted octanol–water partition coefficient (Wildman–Crippen LogP) is 5.80. The molecule has 0 spiro atoms. The lowest BCUT2D eigenvalue weighted by Crippen LogP contribution is -2.22. The van der Waals surface area contributed by atoms with E-state index in [-0.39, 0.29) is 0 Å². The van der Waals surface area contributed by atoms with Gasteiger partial charge in [0, 0.05) is 26.6 Å². The van der Waals surface area contributed by atoms with Crippen molar-refractivity contribution in [2.75, 3.05) is 11.9 Å². The molecule has 0 atom stereocenters. The standard InChI is InChI=1S/C24H35N5OSi/c1-31(2,3)14-13-30-18-29-24-15-21(11-12-23(24)27-28-29)26-17-22-10-9-20(16-25-22)19-7-5-4-6-8-19/h9-12,15-16,19,26H,4-8,13-14,17-18H2,1-3H3. The highest BCUT2D eigenvalue weighted by molar-refractivity contribution is 6.76. The molecule has 1 fully saturated rings. The van der Waals surface area contributed by atoms with Crippen LogP contribution in [0.2, 0.25) is 25.7 Å². The van der Waals surface area contributed by atoms with Gasteiger partial charge in [-0.25, -0.2) is 4.68 Å². The fraction of sp³-hybridized carbons (Fsp3) is 0.542. The average Bonchev–Trinajstić information content (AvgIpc) is 3.18. The smallest absolute Gasteiger partial charge is 0.141 e. The number of benzene rings is 1. The first-order valence-electron chi connectivity index (χ1n) is 11.6. The van der Waals surface area contributed by atoms with Crippen molar-refractivity contribution in [3.8, 4) is 0 Å². The second kappa shape index (κ2) is 9.91. The fourth-order valence-electron chi connectivity index (χ4n) is 4.11. The minimum Gasteiger partial charge on any atom is -0.379 e. The summed E-state index contributed by atoms with van der Waals surface area (Å²) in [6.45, 7) is 8.99. The molecule has 7 heteroatoms. The van der Waals surface area contributed by atoms with Crippen LogP contribution in [0.5, 0.6) is 0 Å². The van der Waals surface area contributed by atoms with Crippen molar-refractivity contribution in [3.63, 3.8) is 0 Å². The molecule has 6 nitrogen and oxygen atoms in total. The largest absolute Gasteiger partial charge is 0.379 e. The average molecular weight is 438 g/mol. The zero-order valence-electron chi connectivity index (χ0n) is 19.1. The number of aromatic nitrogens is 4. The van der Waals surface area contributed by atoms with Gasteiger partial charge in [-0.3, -0.25) is 4.98 Å². The number of nitrogens with one attached hydrogen (secondary N) is 1. The van der Waals surface area contributed by atoms with E-state index < -0.39 is 8.07 Å². The van der Waals surface area contributed by atoms with E-state index in [1.807, 2.05) is 16.8 Å². The first kappa shape index (κ1) is 22.0. The third-order valence-electron chi connectivity index (χ3n) is 6.12. The normalized spacial score (nSPS) is 15.5. The number of ether oxygens (including phenoxy) is 1. The highest BCUT2D eigenvalue weighted by Gasteiger charge is 2.16. The lowest BCUT2D eigenvalue weighted by Gasteiger charge is -2.21. The molecule has 166 valence electrons. The van der Waals surface area contributed by atoms with E-state index >= 15 is 0 Å². The Morgan fingerprint density at radius 3 is 2.68 bits per heavy atom. The van der Waals surface area contributed by atoms with Crippen LogP contribution in [0.15, 0.2) is 36.5 Å². The summed E-state index contributed by atoms with van der Waals surface area (Å²) >= 11 is 0. The SMILES string of the molecule is C[Si](C)(C)CCOCn1nnc2ccc(NCc3ccc(C4CCCCC4)cn3)cc21. The molecule has 0 aliphatic heterocycles. The third-order valence-corrected chi connectivity index (χ3v) is 7.83. The van der Waals surface area contributed by atoms with Crippen molar-refractivity contribution in [1.29, 1.82) is 0 Å². The molecule has 4 rings (SSSR count). The highest BCUT2D eigenvalue weighted by Crippen LogP contribution is 2.32. The second-order valence-electron chi connectivity index (χ2n) is 9.91. The maximum atomic E-state index is 5.86. The summed E-state index contributed by atoms with van der Waals surface area (Å²) in [6.07, 6.45) is 8.78. The van der Waals surface area contributed by atoms with E-state index in [1.165, 1.54) is 37.7 Å². The summed E-state index contributed by atoms with van der Waals surface area (Å²) in [7, 11) is -1.08. The molecule has 0 unspecified atom stereocenters. The molecule has 1 aromatic carbocycles. The Morgan fingerprint density at radius 2 is 1.94 bits per heavy atom. The van der Waals surface area contributed by atoms with Crippen molar-refractivity contribution >= 4 is 24.8 Å². The zero-order valence-corrected chi connectivity index (χ0v) is 20.1. The van der Waals surface area contributed by atoms with Crippen LogP contribution < -0.4 is 5.32 Å². The van der Waals surface area contributed by atoms with E-state index in [2.05, 4.69) is 59.7 Å². The van der Waals surface area contributed by atoms with Crippen LogP contribution in [-0.4, -0.2) is 34.7 Å². The topological polar surface area (TPSA) is 64.9 Å². The first-order valence-corrected chi connectivity index (χ1v) is 15.3. The second-order valence-corrected chi connectivity index (χ2v) is 15.5. The van der Waals surface area contributed by atoms with Crippen LogP contribution >= 0.6 is 0 Å². The Labute approximate surface area is 186 Å². The van der Waals surface area contributed by atoms with Crippen LogP contribution in [0, 0.1) is 0 Å². The Balaban J connectivity index is 1.34. The van der Waals surface area contributed by atoms with Gasteiger partial charge in [0.25, 0.3) is 0 Å². The van der Waals surface area contributed by atoms with Crippen LogP contribution in [0.25, 0.3) is 11.0 Å². The number of pyridine rings is 1. The number of nitrogens with zero attached hydrogens (tertiary/aromatic N) is 4. The van der Waals surface area contributed by atoms with Crippen molar-refractivity contribution < 1.29 is 4.74 Å². The molecule has 2 aromatic heterocycles. The molecule has 1 N–H and O–H groups in total. The van der Waals surface area contributed by atoms with Gasteiger partial charge in [-0.15, -0.1) is 5.10 Å². The summed E-state index contributed by atoms with van der Waals surface area (Å²) in [5.74, 6) is 0.700. The molecule has 0 amide bonds. The van der Waals surface area contributed by atoms with Crippen LogP contribution in [0.3, 0.4) is 0 Å². The Morgan fingerprint density at radius 1 is 1.10 bits per heavy atom. The number of fused-ring (bicyclic) bond motifs is 1. The summed E-state index contributed by atoms with van der Waals surface area (Å²) in [4.78, 5) is 4.70. The van der Waals surface area contributed by atoms with E-state index in [0.717, 1.165) is 35.1 Å². The quantitative estimate of drug-likeness (QED) is 0.339. The van der Waals surface area contributed by atoms with E-state index in [1.54, 1.807) is 0 Å². The van der Waals surface area contributed by atoms with Crippen LogP contribution in [-0.2, 0) is 18.0 Å². The van der Waals surface area contributed by atoms with Gasteiger partial charge in [0.1, 0.15) is 12.2 Å². The van der Waals surface area contributed by atoms with Gasteiger partial charge >= 0.3 is 0 Å². The number of rotatable bonds is 9. The maximum Gasteiger partial charge on any atom is 0.141 e. The van der Waals surface area contributed by atoms with Gasteiger partial charge in [0.15, 0.2) is 0 Å². The van der Waals surface area contributed by atoms with Crippen molar-refractivity contribution in [2.24, 2.45) is 0 Å². The Hall–Kier alpha value is -2.25. The molecule has 31 heavy (non-hydrogen) atoms. The summed E-state index contributed by atoms with van der Waals surface area (Å²) in [5, 5.41) is 12.0. The lowest BCUT2D eigenvalue weighted by atomic mass is 9.85. The van der Waals surface area contributed by atoms with Gasteiger partial charge in [-0.2, -0.15) is 0 Å². The van der Waals surface area contributed by atoms with E-state index in [4.69, 9.17) is 9.72 Å². The van der Waals surface area contributed by atoms with Crippen molar-refractivity contribution in [2.45, 2.75) is 77.0 Å². The van der Waals surface area contributed by atoms with Gasteiger partial charge in [0.2, 0.25) is 0 Å². The molecule has 2 heterocycles.